The number of benzene rings is 3. The van der Waals surface area contributed by atoms with Crippen molar-refractivity contribution in [3.63, 3.8) is 0 Å². The Hall–Kier alpha value is -3.87. The van der Waals surface area contributed by atoms with Crippen molar-refractivity contribution in [1.29, 1.82) is 0 Å². The highest BCUT2D eigenvalue weighted by atomic mass is 19.1. The highest BCUT2D eigenvalue weighted by Gasteiger charge is 2.47. The van der Waals surface area contributed by atoms with E-state index in [0.29, 0.717) is 5.56 Å². The van der Waals surface area contributed by atoms with E-state index in [4.69, 9.17) is 0 Å². The van der Waals surface area contributed by atoms with Gasteiger partial charge in [-0.3, -0.25) is 9.59 Å². The number of aryl methyl sites for hydroxylation is 1. The lowest BCUT2D eigenvalue weighted by molar-refractivity contribution is -0.596. The van der Waals surface area contributed by atoms with Gasteiger partial charge in [0.05, 0.1) is 0 Å². The Labute approximate surface area is 178 Å². The van der Waals surface area contributed by atoms with Gasteiger partial charge in [0.25, 0.3) is 5.91 Å². The van der Waals surface area contributed by atoms with Crippen molar-refractivity contribution in [3.8, 4) is 0 Å². The molecule has 0 spiro atoms. The Morgan fingerprint density at radius 3 is 2.13 bits per heavy atom. The zero-order valence-electron chi connectivity index (χ0n) is 16.7. The number of hydrogen-bond donors (Lipinski definition) is 2. The molecule has 1 fully saturated rings. The number of carbonyl (C=O) groups excluding carboxylic acids is 2. The number of carbonyl (C=O) groups is 2. The molecule has 0 bridgehead atoms. The van der Waals surface area contributed by atoms with E-state index in [-0.39, 0.29) is 17.3 Å². The first-order valence-corrected chi connectivity index (χ1v) is 9.73. The second-order valence-electron chi connectivity index (χ2n) is 7.38. The summed E-state index contributed by atoms with van der Waals surface area (Å²) >= 11 is 0. The molecule has 2 atom stereocenters. The van der Waals surface area contributed by atoms with Crippen LogP contribution in [0.2, 0.25) is 0 Å². The second kappa shape index (κ2) is 8.47. The fourth-order valence-electron chi connectivity index (χ4n) is 3.48. The predicted molar refractivity (Wildman–Crippen MR) is 112 cm³/mol. The van der Waals surface area contributed by atoms with E-state index in [0.717, 1.165) is 11.1 Å². The molecular weight excluding hydrogens is 400 g/mol. The van der Waals surface area contributed by atoms with Crippen molar-refractivity contribution >= 4 is 18.0 Å². The molecule has 0 unspecified atom stereocenters. The van der Waals surface area contributed by atoms with Crippen molar-refractivity contribution < 1.29 is 23.1 Å². The van der Waals surface area contributed by atoms with Gasteiger partial charge in [0.1, 0.15) is 11.6 Å². The van der Waals surface area contributed by atoms with Crippen LogP contribution in [0.1, 0.15) is 33.1 Å². The maximum absolute atomic E-state index is 13.3. The van der Waals surface area contributed by atoms with Crippen LogP contribution in [0.3, 0.4) is 0 Å². The van der Waals surface area contributed by atoms with Crippen molar-refractivity contribution in [2.24, 2.45) is 0 Å². The van der Waals surface area contributed by atoms with Gasteiger partial charge < -0.3 is 5.32 Å². The Balaban J connectivity index is 1.69. The van der Waals surface area contributed by atoms with E-state index in [1.165, 1.54) is 36.4 Å². The summed E-state index contributed by atoms with van der Waals surface area (Å²) in [7, 11) is 0. The molecule has 156 valence electrons. The molecule has 1 aliphatic rings. The number of rotatable bonds is 4. The Morgan fingerprint density at radius 1 is 0.935 bits per heavy atom. The van der Waals surface area contributed by atoms with Gasteiger partial charge in [-0.05, 0) is 55.5 Å². The molecule has 1 saturated heterocycles. The Morgan fingerprint density at radius 2 is 1.52 bits per heavy atom. The van der Waals surface area contributed by atoms with Crippen LogP contribution in [0.4, 0.5) is 8.78 Å². The fourth-order valence-corrected chi connectivity index (χ4v) is 3.48. The van der Waals surface area contributed by atoms with Gasteiger partial charge in [-0.25, -0.2) is 8.78 Å². The van der Waals surface area contributed by atoms with Gasteiger partial charge in [0, 0.05) is 16.7 Å². The van der Waals surface area contributed by atoms with E-state index >= 15 is 0 Å². The number of nitrogens with zero attached hydrogens (tertiary/aromatic N) is 1. The van der Waals surface area contributed by atoms with E-state index in [1.807, 2.05) is 31.2 Å². The van der Waals surface area contributed by atoms with E-state index in [9.17, 15) is 18.4 Å². The van der Waals surface area contributed by atoms with Crippen molar-refractivity contribution in [1.82, 2.24) is 10.7 Å². The molecule has 0 aromatic heterocycles. The van der Waals surface area contributed by atoms with Crippen LogP contribution < -0.4 is 10.7 Å². The van der Waals surface area contributed by atoms with E-state index in [1.54, 1.807) is 23.0 Å². The van der Waals surface area contributed by atoms with Crippen LogP contribution in [0.15, 0.2) is 72.8 Å². The van der Waals surface area contributed by atoms with Crippen LogP contribution >= 0.6 is 0 Å². The average molecular weight is 420 g/mol. The van der Waals surface area contributed by atoms with Crippen molar-refractivity contribution in [2.75, 3.05) is 0 Å². The van der Waals surface area contributed by atoms with Gasteiger partial charge in [0.2, 0.25) is 12.3 Å². The molecule has 31 heavy (non-hydrogen) atoms. The van der Waals surface area contributed by atoms with Crippen molar-refractivity contribution in [3.05, 3.63) is 107 Å². The number of halogens is 2. The summed E-state index contributed by atoms with van der Waals surface area (Å²) in [6, 6.07) is 17.2. The SMILES string of the molecule is Cc1ccc([C@@H]2[C@@H](NC(=O)c3ccc(F)cc3)C(=O)N/[N+]2=C\c2ccc(F)cc2)cc1. The number of hydrazone groups is 1. The second-order valence-corrected chi connectivity index (χ2v) is 7.38. The molecular formula is C24H20F2N3O2+. The molecule has 1 heterocycles. The molecule has 7 heteroatoms. The molecule has 1 aliphatic heterocycles. The van der Waals surface area contributed by atoms with Crippen LogP contribution in [0.5, 0.6) is 0 Å². The zero-order valence-corrected chi connectivity index (χ0v) is 16.7. The molecule has 2 amide bonds. The van der Waals surface area contributed by atoms with Gasteiger partial charge in [-0.1, -0.05) is 29.8 Å². The smallest absolute Gasteiger partial charge is 0.304 e. The van der Waals surface area contributed by atoms with E-state index < -0.39 is 23.8 Å². The number of amides is 2. The quantitative estimate of drug-likeness (QED) is 0.637. The van der Waals surface area contributed by atoms with Crippen LogP contribution in [-0.2, 0) is 4.79 Å². The molecule has 0 saturated carbocycles. The summed E-state index contributed by atoms with van der Waals surface area (Å²) < 4.78 is 28.1. The molecule has 3 aromatic carbocycles. The first-order valence-electron chi connectivity index (χ1n) is 9.73. The Bertz CT molecular complexity index is 1140. The van der Waals surface area contributed by atoms with Crippen molar-refractivity contribution in [2.45, 2.75) is 19.0 Å². The summed E-state index contributed by atoms with van der Waals surface area (Å²) in [5.41, 5.74) is 5.57. The summed E-state index contributed by atoms with van der Waals surface area (Å²) in [5, 5.41) is 2.76. The summed E-state index contributed by atoms with van der Waals surface area (Å²) in [5.74, 6) is -1.69. The van der Waals surface area contributed by atoms with Crippen LogP contribution in [-0.4, -0.2) is 28.8 Å². The topological polar surface area (TPSA) is 61.2 Å². The predicted octanol–water partition coefficient (Wildman–Crippen LogP) is 3.29. The number of nitrogens with one attached hydrogen (secondary N) is 2. The molecule has 0 aliphatic carbocycles. The normalized spacial score (nSPS) is 19.3. The summed E-state index contributed by atoms with van der Waals surface area (Å²) in [4.78, 5) is 25.5. The summed E-state index contributed by atoms with van der Waals surface area (Å²) in [6.45, 7) is 1.96. The number of hydrazine groups is 1. The minimum atomic E-state index is -0.892. The van der Waals surface area contributed by atoms with Gasteiger partial charge >= 0.3 is 5.91 Å². The van der Waals surface area contributed by atoms with Gasteiger partial charge in [-0.15, -0.1) is 10.1 Å². The first-order chi connectivity index (χ1) is 14.9. The third-order valence-electron chi connectivity index (χ3n) is 5.11. The molecule has 0 radical (unpaired) electrons. The monoisotopic (exact) mass is 420 g/mol. The largest absolute Gasteiger partial charge is 0.334 e. The van der Waals surface area contributed by atoms with E-state index in [2.05, 4.69) is 10.7 Å². The lowest BCUT2D eigenvalue weighted by atomic mass is 9.98. The third-order valence-corrected chi connectivity index (χ3v) is 5.11. The minimum absolute atomic E-state index is 0.248. The highest BCUT2D eigenvalue weighted by Crippen LogP contribution is 2.26. The van der Waals surface area contributed by atoms with Crippen LogP contribution in [0.25, 0.3) is 0 Å². The molecule has 2 N–H and O–H groups in total. The molecule has 5 nitrogen and oxygen atoms in total. The fraction of sp³-hybridized carbons (Fsp3) is 0.125. The Kier molecular flexibility index (Phi) is 5.58. The lowest BCUT2D eigenvalue weighted by Crippen LogP contribution is -2.42. The van der Waals surface area contributed by atoms with Gasteiger partial charge in [0.15, 0.2) is 6.04 Å². The summed E-state index contributed by atoms with van der Waals surface area (Å²) in [6.07, 6.45) is 1.69. The maximum Gasteiger partial charge on any atom is 0.304 e. The number of hydrogen-bond acceptors (Lipinski definition) is 2. The third kappa shape index (κ3) is 4.50. The van der Waals surface area contributed by atoms with Gasteiger partial charge in [-0.2, -0.15) is 0 Å². The standard InChI is InChI=1S/C24H19F2N3O2/c1-15-2-6-17(7-3-15)22-21(27-23(30)18-8-12-20(26)13-9-18)24(31)28-29(22)14-16-4-10-19(25)11-5-16/h2-14,21-22H,1H3,(H-,27,28,30,31)/p+1/b29-14-/t21-,22-/m1/s1. The lowest BCUT2D eigenvalue weighted by Gasteiger charge is -2.15. The first kappa shape index (κ1) is 20.4. The maximum atomic E-state index is 13.3. The average Bonchev–Trinajstić information content (AvgIpc) is 3.05. The highest BCUT2D eigenvalue weighted by molar-refractivity contribution is 5.98. The molecule has 4 rings (SSSR count). The van der Waals surface area contributed by atoms with Crippen LogP contribution in [0, 0.1) is 18.6 Å². The minimum Gasteiger partial charge on any atom is -0.334 e. The molecule has 3 aromatic rings. The zero-order chi connectivity index (χ0) is 22.0.